The Morgan fingerprint density at radius 1 is 0.889 bits per heavy atom. The average Bonchev–Trinajstić information content (AvgIpc) is 3.34. The lowest BCUT2D eigenvalue weighted by atomic mass is 10.0. The molecule has 0 fully saturated rings. The quantitative estimate of drug-likeness (QED) is 0.322. The predicted molar refractivity (Wildman–Crippen MR) is 145 cm³/mol. The van der Waals surface area contributed by atoms with Gasteiger partial charge >= 0.3 is 0 Å². The van der Waals surface area contributed by atoms with E-state index in [0.717, 1.165) is 34.8 Å². The molecule has 0 aliphatic rings. The third-order valence-corrected chi connectivity index (χ3v) is 6.37. The van der Waals surface area contributed by atoms with Crippen molar-refractivity contribution < 1.29 is 9.53 Å². The van der Waals surface area contributed by atoms with Gasteiger partial charge in [0.2, 0.25) is 0 Å². The molecule has 3 aromatic carbocycles. The number of nitrogens with zero attached hydrogens (tertiary/aromatic N) is 4. The van der Waals surface area contributed by atoms with Crippen molar-refractivity contribution in [2.45, 2.75) is 20.4 Å². The second-order valence-electron chi connectivity index (χ2n) is 9.34. The van der Waals surface area contributed by atoms with Crippen molar-refractivity contribution in [2.24, 2.45) is 0 Å². The molecule has 1 amide bonds. The zero-order valence-electron chi connectivity index (χ0n) is 21.7. The van der Waals surface area contributed by atoms with Crippen molar-refractivity contribution in [1.29, 1.82) is 0 Å². The molecule has 4 rings (SSSR count). The number of carbonyl (C=O) groups excluding carboxylic acids is 1. The van der Waals surface area contributed by atoms with E-state index in [4.69, 9.17) is 9.84 Å². The number of hydrogen-bond donors (Lipinski definition) is 0. The van der Waals surface area contributed by atoms with Crippen LogP contribution in [0.25, 0.3) is 16.9 Å². The largest absolute Gasteiger partial charge is 0.497 e. The molecule has 0 spiro atoms. The first-order valence-corrected chi connectivity index (χ1v) is 12.2. The summed E-state index contributed by atoms with van der Waals surface area (Å²) in [7, 11) is 5.68. The maximum Gasteiger partial charge on any atom is 0.272 e. The topological polar surface area (TPSA) is 50.6 Å². The smallest absolute Gasteiger partial charge is 0.272 e. The van der Waals surface area contributed by atoms with Gasteiger partial charge in [-0.15, -0.1) is 0 Å². The second-order valence-corrected chi connectivity index (χ2v) is 9.34. The van der Waals surface area contributed by atoms with Crippen LogP contribution in [0.1, 0.15) is 27.2 Å². The van der Waals surface area contributed by atoms with Gasteiger partial charge in [-0.25, -0.2) is 4.68 Å². The number of carbonyl (C=O) groups is 1. The van der Waals surface area contributed by atoms with E-state index in [2.05, 4.69) is 49.1 Å². The van der Waals surface area contributed by atoms with Crippen molar-refractivity contribution in [3.8, 4) is 22.7 Å². The molecule has 0 atom stereocenters. The first-order chi connectivity index (χ1) is 17.4. The lowest BCUT2D eigenvalue weighted by molar-refractivity contribution is 0.0722. The molecular weight excluding hydrogens is 448 g/mol. The van der Waals surface area contributed by atoms with Gasteiger partial charge in [0.1, 0.15) is 11.4 Å². The number of ether oxygens (including phenoxy) is 1. The maximum absolute atomic E-state index is 14.1. The van der Waals surface area contributed by atoms with Crippen molar-refractivity contribution in [2.75, 3.05) is 34.3 Å². The van der Waals surface area contributed by atoms with Crippen LogP contribution in [0.4, 0.5) is 0 Å². The third kappa shape index (κ3) is 5.83. The van der Waals surface area contributed by atoms with Gasteiger partial charge in [-0.2, -0.15) is 5.10 Å². The highest BCUT2D eigenvalue weighted by Gasteiger charge is 2.23. The Bertz CT molecular complexity index is 1310. The van der Waals surface area contributed by atoms with Crippen molar-refractivity contribution in [3.63, 3.8) is 0 Å². The van der Waals surface area contributed by atoms with Crippen LogP contribution in [0.2, 0.25) is 0 Å². The van der Waals surface area contributed by atoms with Crippen LogP contribution in [0, 0.1) is 13.8 Å². The molecule has 0 aliphatic heterocycles. The Kier molecular flexibility index (Phi) is 7.86. The number of benzene rings is 3. The SMILES string of the molecule is COc1ccc(-n2nc(-c3ccc(C)c(C)c3)cc2C(=O)N(CCN(C)C)Cc2ccccc2)cc1. The third-order valence-electron chi connectivity index (χ3n) is 6.37. The highest BCUT2D eigenvalue weighted by Crippen LogP contribution is 2.26. The number of amides is 1. The minimum Gasteiger partial charge on any atom is -0.497 e. The van der Waals surface area contributed by atoms with E-state index in [1.807, 2.05) is 67.5 Å². The molecule has 1 heterocycles. The van der Waals surface area contributed by atoms with Gasteiger partial charge in [0.15, 0.2) is 0 Å². The lowest BCUT2D eigenvalue weighted by Gasteiger charge is -2.25. The van der Waals surface area contributed by atoms with Crippen molar-refractivity contribution in [1.82, 2.24) is 19.6 Å². The van der Waals surface area contributed by atoms with Gasteiger partial charge in [0.05, 0.1) is 18.5 Å². The number of rotatable bonds is 9. The lowest BCUT2D eigenvalue weighted by Crippen LogP contribution is -2.37. The summed E-state index contributed by atoms with van der Waals surface area (Å²) < 4.78 is 7.08. The Morgan fingerprint density at radius 2 is 1.61 bits per heavy atom. The Balaban J connectivity index is 1.78. The van der Waals surface area contributed by atoms with E-state index in [1.165, 1.54) is 11.1 Å². The molecule has 0 radical (unpaired) electrons. The van der Waals surface area contributed by atoms with Crippen LogP contribution in [0.3, 0.4) is 0 Å². The predicted octanol–water partition coefficient (Wildman–Crippen LogP) is 5.37. The number of hydrogen-bond acceptors (Lipinski definition) is 4. The first kappa shape index (κ1) is 25.2. The van der Waals surface area contributed by atoms with Gasteiger partial charge in [0, 0.05) is 25.2 Å². The summed E-state index contributed by atoms with van der Waals surface area (Å²) in [5.74, 6) is 0.698. The minimum atomic E-state index is -0.0564. The summed E-state index contributed by atoms with van der Waals surface area (Å²) in [6, 6.07) is 25.9. The molecule has 36 heavy (non-hydrogen) atoms. The average molecular weight is 483 g/mol. The highest BCUT2D eigenvalue weighted by atomic mass is 16.5. The van der Waals surface area contributed by atoms with Gasteiger partial charge in [-0.05, 0) is 81.0 Å². The molecule has 0 N–H and O–H groups in total. The fraction of sp³-hybridized carbons (Fsp3) is 0.267. The molecule has 0 saturated carbocycles. The second kappa shape index (κ2) is 11.2. The molecule has 1 aromatic heterocycles. The summed E-state index contributed by atoms with van der Waals surface area (Å²) >= 11 is 0. The zero-order chi connectivity index (χ0) is 25.7. The molecule has 6 heteroatoms. The molecule has 186 valence electrons. The van der Waals surface area contributed by atoms with Crippen molar-refractivity contribution in [3.05, 3.63) is 101 Å². The molecule has 4 aromatic rings. The maximum atomic E-state index is 14.1. The van der Waals surface area contributed by atoms with Crippen LogP contribution in [-0.4, -0.2) is 59.8 Å². The van der Waals surface area contributed by atoms with Crippen LogP contribution in [0.15, 0.2) is 78.9 Å². The standard InChI is InChI=1S/C30H34N4O2/c1-22-11-12-25(19-23(22)2)28-20-29(34(31-28)26-13-15-27(36-5)16-14-26)30(35)33(18-17-32(3)4)21-24-9-7-6-8-10-24/h6-16,19-20H,17-18,21H2,1-5H3. The van der Waals surface area contributed by atoms with Crippen LogP contribution < -0.4 is 4.74 Å². The molecule has 6 nitrogen and oxygen atoms in total. The van der Waals surface area contributed by atoms with Gasteiger partial charge in [-0.3, -0.25) is 4.79 Å². The summed E-state index contributed by atoms with van der Waals surface area (Å²) in [4.78, 5) is 18.1. The van der Waals surface area contributed by atoms with E-state index in [-0.39, 0.29) is 5.91 Å². The Labute approximate surface area is 213 Å². The fourth-order valence-electron chi connectivity index (χ4n) is 4.03. The van der Waals surface area contributed by atoms with E-state index >= 15 is 0 Å². The van der Waals surface area contributed by atoms with Crippen LogP contribution >= 0.6 is 0 Å². The van der Waals surface area contributed by atoms with E-state index in [0.29, 0.717) is 18.8 Å². The van der Waals surface area contributed by atoms with E-state index in [9.17, 15) is 4.79 Å². The normalized spacial score (nSPS) is 11.1. The van der Waals surface area contributed by atoms with Crippen molar-refractivity contribution >= 4 is 5.91 Å². The number of aryl methyl sites for hydroxylation is 2. The molecule has 0 saturated heterocycles. The number of methoxy groups -OCH3 is 1. The first-order valence-electron chi connectivity index (χ1n) is 12.2. The minimum absolute atomic E-state index is 0.0564. The van der Waals surface area contributed by atoms with Gasteiger partial charge in [0.25, 0.3) is 5.91 Å². The van der Waals surface area contributed by atoms with Crippen LogP contribution in [0.5, 0.6) is 5.75 Å². The Morgan fingerprint density at radius 3 is 2.25 bits per heavy atom. The summed E-state index contributed by atoms with van der Waals surface area (Å²) in [5.41, 5.74) is 6.60. The monoisotopic (exact) mass is 482 g/mol. The van der Waals surface area contributed by atoms with Gasteiger partial charge < -0.3 is 14.5 Å². The van der Waals surface area contributed by atoms with E-state index < -0.39 is 0 Å². The summed E-state index contributed by atoms with van der Waals surface area (Å²) in [5, 5.41) is 4.90. The fourth-order valence-corrected chi connectivity index (χ4v) is 4.03. The number of likely N-dealkylation sites (N-methyl/N-ethyl adjacent to an activating group) is 1. The Hall–Kier alpha value is -3.90. The summed E-state index contributed by atoms with van der Waals surface area (Å²) in [6.45, 7) is 6.08. The molecule has 0 unspecified atom stereocenters. The van der Waals surface area contributed by atoms with Gasteiger partial charge in [-0.1, -0.05) is 42.5 Å². The molecule has 0 bridgehead atoms. The summed E-state index contributed by atoms with van der Waals surface area (Å²) in [6.07, 6.45) is 0. The number of aromatic nitrogens is 2. The highest BCUT2D eigenvalue weighted by molar-refractivity contribution is 5.94. The molecule has 0 aliphatic carbocycles. The van der Waals surface area contributed by atoms with Crippen LogP contribution in [-0.2, 0) is 6.54 Å². The zero-order valence-corrected chi connectivity index (χ0v) is 21.7. The molecular formula is C30H34N4O2. The van der Waals surface area contributed by atoms with E-state index in [1.54, 1.807) is 11.8 Å².